The third-order valence-electron chi connectivity index (χ3n) is 4.02. The van der Waals surface area contributed by atoms with Crippen molar-refractivity contribution in [3.8, 4) is 0 Å². The maximum absolute atomic E-state index is 12.4. The number of carbonyl (C=O) groups excluding carboxylic acids is 1. The van der Waals surface area contributed by atoms with Crippen LogP contribution in [0.25, 0.3) is 0 Å². The van der Waals surface area contributed by atoms with E-state index in [-0.39, 0.29) is 5.91 Å². The topological polar surface area (TPSA) is 45.2 Å². The number of amides is 1. The van der Waals surface area contributed by atoms with Gasteiger partial charge < -0.3 is 10.2 Å². The Bertz CT molecular complexity index is 466. The number of piperidine rings is 1. The van der Waals surface area contributed by atoms with Gasteiger partial charge in [-0.1, -0.05) is 0 Å². The first kappa shape index (κ1) is 12.5. The van der Waals surface area contributed by atoms with E-state index in [1.165, 1.54) is 24.8 Å². The lowest BCUT2D eigenvalue weighted by Gasteiger charge is -2.26. The minimum Gasteiger partial charge on any atom is -0.370 e. The highest BCUT2D eigenvalue weighted by Gasteiger charge is 2.20. The molecular weight excluding hydrogens is 238 g/mol. The number of nitrogens with one attached hydrogen (secondary N) is 1. The van der Waals surface area contributed by atoms with Crippen LogP contribution in [-0.4, -0.2) is 35.4 Å². The number of hydrogen-bond donors (Lipinski definition) is 1. The summed E-state index contributed by atoms with van der Waals surface area (Å²) in [6.45, 7) is 2.78. The number of nitrogens with zero attached hydrogens (tertiary/aromatic N) is 2. The van der Waals surface area contributed by atoms with Crippen molar-refractivity contribution in [3.63, 3.8) is 0 Å². The van der Waals surface area contributed by atoms with E-state index in [0.29, 0.717) is 0 Å². The first-order valence-electron chi connectivity index (χ1n) is 7.37. The number of pyridine rings is 1. The Morgan fingerprint density at radius 1 is 1.16 bits per heavy atom. The van der Waals surface area contributed by atoms with E-state index in [0.717, 1.165) is 50.3 Å². The largest absolute Gasteiger partial charge is 0.370 e. The Labute approximate surface area is 114 Å². The molecule has 0 spiro atoms. The second-order valence-electron chi connectivity index (χ2n) is 5.47. The third-order valence-corrected chi connectivity index (χ3v) is 4.02. The molecule has 1 aromatic rings. The van der Waals surface area contributed by atoms with E-state index in [4.69, 9.17) is 0 Å². The van der Waals surface area contributed by atoms with Crippen molar-refractivity contribution in [2.45, 2.75) is 38.5 Å². The predicted octanol–water partition coefficient (Wildman–Crippen LogP) is 2.46. The summed E-state index contributed by atoms with van der Waals surface area (Å²) in [5, 5.41) is 3.33. The number of aryl methyl sites for hydroxylation is 1. The van der Waals surface area contributed by atoms with Crippen LogP contribution < -0.4 is 5.32 Å². The standard InChI is InChI=1S/C15H21N3O/c19-15(18-8-4-1-5-9-18)13-10-12-6-2-3-7-16-14(12)17-11-13/h10-11H,1-9H2,(H,16,17). The summed E-state index contributed by atoms with van der Waals surface area (Å²) in [7, 11) is 0. The fourth-order valence-corrected chi connectivity index (χ4v) is 2.90. The number of hydrogen-bond acceptors (Lipinski definition) is 3. The first-order valence-corrected chi connectivity index (χ1v) is 7.37. The van der Waals surface area contributed by atoms with Gasteiger partial charge in [0, 0.05) is 25.8 Å². The number of rotatable bonds is 1. The molecule has 1 aromatic heterocycles. The van der Waals surface area contributed by atoms with Gasteiger partial charge in [0.1, 0.15) is 5.82 Å². The Kier molecular flexibility index (Phi) is 3.67. The van der Waals surface area contributed by atoms with Crippen LogP contribution in [0.4, 0.5) is 5.82 Å². The van der Waals surface area contributed by atoms with E-state index >= 15 is 0 Å². The molecule has 2 aliphatic heterocycles. The van der Waals surface area contributed by atoms with Crippen molar-refractivity contribution in [1.82, 2.24) is 9.88 Å². The number of likely N-dealkylation sites (tertiary alicyclic amines) is 1. The highest BCUT2D eigenvalue weighted by atomic mass is 16.2. The minimum absolute atomic E-state index is 0.152. The molecule has 0 saturated carbocycles. The molecule has 0 radical (unpaired) electrons. The highest BCUT2D eigenvalue weighted by Crippen LogP contribution is 2.21. The van der Waals surface area contributed by atoms with Crippen LogP contribution in [0.2, 0.25) is 0 Å². The highest BCUT2D eigenvalue weighted by molar-refractivity contribution is 5.94. The zero-order valence-electron chi connectivity index (χ0n) is 11.3. The van der Waals surface area contributed by atoms with Crippen molar-refractivity contribution in [2.24, 2.45) is 0 Å². The van der Waals surface area contributed by atoms with E-state index in [9.17, 15) is 4.79 Å². The van der Waals surface area contributed by atoms with Gasteiger partial charge in [0.05, 0.1) is 5.56 Å². The summed E-state index contributed by atoms with van der Waals surface area (Å²) < 4.78 is 0. The van der Waals surface area contributed by atoms with Gasteiger partial charge in [0.15, 0.2) is 0 Å². The maximum Gasteiger partial charge on any atom is 0.255 e. The van der Waals surface area contributed by atoms with Gasteiger partial charge in [-0.25, -0.2) is 4.98 Å². The molecule has 2 aliphatic rings. The van der Waals surface area contributed by atoms with Crippen molar-refractivity contribution >= 4 is 11.7 Å². The molecule has 0 bridgehead atoms. The molecule has 1 amide bonds. The van der Waals surface area contributed by atoms with Crippen LogP contribution in [0.3, 0.4) is 0 Å². The van der Waals surface area contributed by atoms with E-state index in [1.807, 2.05) is 11.0 Å². The molecule has 3 rings (SSSR count). The molecule has 102 valence electrons. The van der Waals surface area contributed by atoms with Gasteiger partial charge in [-0.15, -0.1) is 0 Å². The molecule has 4 nitrogen and oxygen atoms in total. The van der Waals surface area contributed by atoms with Crippen molar-refractivity contribution in [3.05, 3.63) is 23.4 Å². The lowest BCUT2D eigenvalue weighted by Crippen LogP contribution is -2.35. The molecule has 0 aromatic carbocycles. The van der Waals surface area contributed by atoms with Crippen molar-refractivity contribution in [1.29, 1.82) is 0 Å². The predicted molar refractivity (Wildman–Crippen MR) is 75.4 cm³/mol. The summed E-state index contributed by atoms with van der Waals surface area (Å²) in [5.41, 5.74) is 1.95. The van der Waals surface area contributed by atoms with E-state index in [1.54, 1.807) is 6.20 Å². The molecule has 1 fully saturated rings. The summed E-state index contributed by atoms with van der Waals surface area (Å²) >= 11 is 0. The lowest BCUT2D eigenvalue weighted by molar-refractivity contribution is 0.0724. The third kappa shape index (κ3) is 2.72. The monoisotopic (exact) mass is 259 g/mol. The van der Waals surface area contributed by atoms with Gasteiger partial charge in [0.2, 0.25) is 0 Å². The molecular formula is C15H21N3O. The van der Waals surface area contributed by atoms with Gasteiger partial charge in [0.25, 0.3) is 5.91 Å². The number of fused-ring (bicyclic) bond motifs is 1. The number of aromatic nitrogens is 1. The zero-order chi connectivity index (χ0) is 13.1. The summed E-state index contributed by atoms with van der Waals surface area (Å²) in [6.07, 6.45) is 8.60. The normalized spacial score (nSPS) is 19.3. The van der Waals surface area contributed by atoms with Gasteiger partial charge >= 0.3 is 0 Å². The Balaban J connectivity index is 1.80. The average Bonchev–Trinajstić information content (AvgIpc) is 2.72. The van der Waals surface area contributed by atoms with E-state index < -0.39 is 0 Å². The van der Waals surface area contributed by atoms with Gasteiger partial charge in [-0.3, -0.25) is 4.79 Å². The summed E-state index contributed by atoms with van der Waals surface area (Å²) in [6, 6.07) is 2.04. The first-order chi connectivity index (χ1) is 9.34. The maximum atomic E-state index is 12.4. The molecule has 19 heavy (non-hydrogen) atoms. The van der Waals surface area contributed by atoms with Crippen LogP contribution in [0.15, 0.2) is 12.3 Å². The quantitative estimate of drug-likeness (QED) is 0.842. The van der Waals surface area contributed by atoms with Crippen LogP contribution >= 0.6 is 0 Å². The number of anilines is 1. The number of carbonyl (C=O) groups is 1. The zero-order valence-corrected chi connectivity index (χ0v) is 11.3. The Morgan fingerprint density at radius 3 is 2.84 bits per heavy atom. The molecule has 0 atom stereocenters. The second kappa shape index (κ2) is 5.59. The fourth-order valence-electron chi connectivity index (χ4n) is 2.90. The van der Waals surface area contributed by atoms with Crippen molar-refractivity contribution in [2.75, 3.05) is 25.0 Å². The van der Waals surface area contributed by atoms with Crippen molar-refractivity contribution < 1.29 is 4.79 Å². The smallest absolute Gasteiger partial charge is 0.255 e. The second-order valence-corrected chi connectivity index (χ2v) is 5.47. The summed E-state index contributed by atoms with van der Waals surface area (Å²) in [4.78, 5) is 18.8. The molecule has 1 N–H and O–H groups in total. The van der Waals surface area contributed by atoms with Gasteiger partial charge in [-0.05, 0) is 50.2 Å². The molecule has 3 heterocycles. The van der Waals surface area contributed by atoms with Gasteiger partial charge in [-0.2, -0.15) is 0 Å². The lowest BCUT2D eigenvalue weighted by atomic mass is 10.1. The van der Waals surface area contributed by atoms with Crippen LogP contribution in [-0.2, 0) is 6.42 Å². The van der Waals surface area contributed by atoms with Crippen LogP contribution in [0, 0.1) is 0 Å². The fraction of sp³-hybridized carbons (Fsp3) is 0.600. The molecule has 4 heteroatoms. The molecule has 1 saturated heterocycles. The SMILES string of the molecule is O=C(c1cnc2c(c1)CCCCN2)N1CCCCC1. The minimum atomic E-state index is 0.152. The molecule has 0 unspecified atom stereocenters. The van der Waals surface area contributed by atoms with Crippen LogP contribution in [0.1, 0.15) is 48.0 Å². The van der Waals surface area contributed by atoms with Crippen LogP contribution in [0.5, 0.6) is 0 Å². The average molecular weight is 259 g/mol. The molecule has 0 aliphatic carbocycles. The Hall–Kier alpha value is -1.58. The summed E-state index contributed by atoms with van der Waals surface area (Å²) in [5.74, 6) is 1.12. The Morgan fingerprint density at radius 2 is 2.00 bits per heavy atom. The van der Waals surface area contributed by atoms with E-state index in [2.05, 4.69) is 10.3 Å².